The number of carbonyl (C=O) groups is 1. The maximum Gasteiger partial charge on any atom is 0.251 e. The van der Waals surface area contributed by atoms with Crippen molar-refractivity contribution >= 4 is 16.8 Å². The number of methoxy groups -OCH3 is 1. The summed E-state index contributed by atoms with van der Waals surface area (Å²) in [7, 11) is 3.56. The number of rotatable bonds is 6. The van der Waals surface area contributed by atoms with E-state index < -0.39 is 18.0 Å². The summed E-state index contributed by atoms with van der Waals surface area (Å²) in [5, 5.41) is 16.3. The summed E-state index contributed by atoms with van der Waals surface area (Å²) in [6.45, 7) is 1.66. The van der Waals surface area contributed by atoms with E-state index >= 15 is 4.39 Å². The predicted octanol–water partition coefficient (Wildman–Crippen LogP) is 2.92. The van der Waals surface area contributed by atoms with Gasteiger partial charge < -0.3 is 24.7 Å². The lowest BCUT2D eigenvalue weighted by Crippen LogP contribution is -2.46. The molecule has 1 fully saturated rings. The summed E-state index contributed by atoms with van der Waals surface area (Å²) in [6, 6.07) is 11.9. The first-order chi connectivity index (χ1) is 16.0. The summed E-state index contributed by atoms with van der Waals surface area (Å²) >= 11 is 0. The van der Waals surface area contributed by atoms with Crippen LogP contribution in [0.3, 0.4) is 0 Å². The lowest BCUT2D eigenvalue weighted by Gasteiger charge is -2.18. The van der Waals surface area contributed by atoms with Crippen LogP contribution in [0.1, 0.15) is 12.0 Å². The van der Waals surface area contributed by atoms with Crippen LogP contribution >= 0.6 is 0 Å². The second kappa shape index (κ2) is 10.0. The number of hydrogen-bond donors (Lipinski definition) is 2. The molecule has 0 aliphatic carbocycles. The smallest absolute Gasteiger partial charge is 0.251 e. The van der Waals surface area contributed by atoms with E-state index in [1.165, 1.54) is 6.07 Å². The first kappa shape index (κ1) is 22.8. The van der Waals surface area contributed by atoms with Crippen LogP contribution in [0.4, 0.5) is 4.39 Å². The van der Waals surface area contributed by atoms with Crippen molar-refractivity contribution in [2.45, 2.75) is 25.0 Å². The Bertz CT molecular complexity index is 1190. The Balaban J connectivity index is 1.52. The number of halogens is 1. The van der Waals surface area contributed by atoms with Gasteiger partial charge in [-0.25, -0.2) is 4.39 Å². The predicted molar refractivity (Wildman–Crippen MR) is 123 cm³/mol. The second-order valence-electron chi connectivity index (χ2n) is 8.12. The number of benzene rings is 2. The molecule has 7 nitrogen and oxygen atoms in total. The fraction of sp³-hybridized carbons (Fsp3) is 0.360. The van der Waals surface area contributed by atoms with Crippen molar-refractivity contribution < 1.29 is 18.7 Å². The third-order valence-corrected chi connectivity index (χ3v) is 5.92. The Hall–Kier alpha value is -3.41. The van der Waals surface area contributed by atoms with Crippen LogP contribution in [0.25, 0.3) is 22.0 Å². The van der Waals surface area contributed by atoms with Crippen LogP contribution in [-0.2, 0) is 23.0 Å². The van der Waals surface area contributed by atoms with E-state index in [1.807, 2.05) is 42.1 Å². The molecule has 1 saturated heterocycles. The number of carbonyl (C=O) groups excluding carboxylic acids is 1. The molecule has 0 saturated carbocycles. The average molecular weight is 451 g/mol. The fourth-order valence-electron chi connectivity index (χ4n) is 4.18. The highest BCUT2D eigenvalue weighted by molar-refractivity contribution is 5.98. The largest absolute Gasteiger partial charge is 0.495 e. The average Bonchev–Trinajstić information content (AvgIpc) is 3.03. The molecule has 2 unspecified atom stereocenters. The Kier molecular flexibility index (Phi) is 6.92. The molecule has 1 aliphatic heterocycles. The van der Waals surface area contributed by atoms with Crippen molar-refractivity contribution in [3.63, 3.8) is 0 Å². The molecule has 33 heavy (non-hydrogen) atoms. The number of amides is 1. The first-order valence-corrected chi connectivity index (χ1v) is 10.9. The molecule has 0 bridgehead atoms. The van der Waals surface area contributed by atoms with Gasteiger partial charge in [-0.1, -0.05) is 12.1 Å². The van der Waals surface area contributed by atoms with Gasteiger partial charge in [0, 0.05) is 38.2 Å². The minimum atomic E-state index is -0.855. The normalized spacial score (nSPS) is 17.2. The van der Waals surface area contributed by atoms with Gasteiger partial charge in [-0.15, -0.1) is 0 Å². The van der Waals surface area contributed by atoms with E-state index in [0.717, 1.165) is 40.7 Å². The summed E-state index contributed by atoms with van der Waals surface area (Å²) < 4.78 is 28.0. The molecular weight excluding hydrogens is 423 g/mol. The lowest BCUT2D eigenvalue weighted by molar-refractivity contribution is -0.132. The summed E-state index contributed by atoms with van der Waals surface area (Å²) in [4.78, 5) is 12.5. The van der Waals surface area contributed by atoms with E-state index in [9.17, 15) is 10.1 Å². The maximum absolute atomic E-state index is 15.0. The van der Waals surface area contributed by atoms with Crippen LogP contribution in [0.2, 0.25) is 0 Å². The second-order valence-corrected chi connectivity index (χ2v) is 8.12. The summed E-state index contributed by atoms with van der Waals surface area (Å²) in [5.74, 6) is -0.0363. The zero-order valence-electron chi connectivity index (χ0n) is 18.7. The highest BCUT2D eigenvalue weighted by atomic mass is 19.1. The van der Waals surface area contributed by atoms with Gasteiger partial charge >= 0.3 is 0 Å². The third kappa shape index (κ3) is 4.85. The van der Waals surface area contributed by atoms with Gasteiger partial charge in [0.25, 0.3) is 5.91 Å². The minimum absolute atomic E-state index is 0.0673. The molecule has 0 spiro atoms. The molecule has 0 radical (unpaired) electrons. The number of nitriles is 1. The molecule has 4 rings (SSSR count). The number of fused-ring (bicyclic) bond motifs is 1. The van der Waals surface area contributed by atoms with Gasteiger partial charge in [-0.05, 0) is 53.9 Å². The molecule has 1 aromatic heterocycles. The van der Waals surface area contributed by atoms with Gasteiger partial charge in [0.15, 0.2) is 0 Å². The molecule has 1 amide bonds. The third-order valence-electron chi connectivity index (χ3n) is 5.92. The summed E-state index contributed by atoms with van der Waals surface area (Å²) in [5.41, 5.74) is 2.91. The molecule has 2 N–H and O–H groups in total. The van der Waals surface area contributed by atoms with Gasteiger partial charge in [-0.2, -0.15) is 5.26 Å². The minimum Gasteiger partial charge on any atom is -0.495 e. The van der Waals surface area contributed by atoms with E-state index in [4.69, 9.17) is 9.47 Å². The first-order valence-electron chi connectivity index (χ1n) is 10.9. The van der Waals surface area contributed by atoms with Crippen LogP contribution in [-0.4, -0.2) is 49.4 Å². The molecule has 3 aromatic rings. The molecule has 1 aliphatic rings. The topological polar surface area (TPSA) is 88.3 Å². The van der Waals surface area contributed by atoms with Crippen LogP contribution in [0.15, 0.2) is 42.6 Å². The number of nitrogens with zero attached hydrogens (tertiary/aromatic N) is 2. The molecule has 8 heteroatoms. The van der Waals surface area contributed by atoms with Gasteiger partial charge in [-0.3, -0.25) is 4.79 Å². The van der Waals surface area contributed by atoms with Gasteiger partial charge in [0.05, 0.1) is 18.7 Å². The van der Waals surface area contributed by atoms with Crippen molar-refractivity contribution in [3.05, 3.63) is 54.0 Å². The molecule has 2 heterocycles. The van der Waals surface area contributed by atoms with E-state index in [1.54, 1.807) is 13.2 Å². The van der Waals surface area contributed by atoms with Crippen molar-refractivity contribution in [2.24, 2.45) is 7.05 Å². The van der Waals surface area contributed by atoms with Crippen molar-refractivity contribution in [3.8, 4) is 22.9 Å². The molecule has 172 valence electrons. The van der Waals surface area contributed by atoms with Crippen LogP contribution in [0, 0.1) is 17.1 Å². The van der Waals surface area contributed by atoms with E-state index in [2.05, 4.69) is 16.7 Å². The number of ether oxygens (including phenoxy) is 2. The van der Waals surface area contributed by atoms with Crippen LogP contribution in [0.5, 0.6) is 5.75 Å². The number of aryl methyl sites for hydroxylation is 1. The highest BCUT2D eigenvalue weighted by Gasteiger charge is 2.24. The molecule has 2 atom stereocenters. The zero-order valence-corrected chi connectivity index (χ0v) is 18.7. The molecule has 2 aromatic carbocycles. The van der Waals surface area contributed by atoms with E-state index in [0.29, 0.717) is 18.7 Å². The number of nitrogens with one attached hydrogen (secondary N) is 2. The van der Waals surface area contributed by atoms with Crippen molar-refractivity contribution in [1.82, 2.24) is 15.2 Å². The Morgan fingerprint density at radius 2 is 2.24 bits per heavy atom. The van der Waals surface area contributed by atoms with Gasteiger partial charge in [0.1, 0.15) is 23.7 Å². The SMILES string of the molecule is COc1ccc(-c2ccc(CC(C#N)NC(=O)C3CNCCCO3)c(F)c2)c2ccn(C)c12. The quantitative estimate of drug-likeness (QED) is 0.603. The molecular formula is C25H27FN4O3. The Labute approximate surface area is 192 Å². The summed E-state index contributed by atoms with van der Waals surface area (Å²) in [6.07, 6.45) is 2.18. The number of hydrogen-bond acceptors (Lipinski definition) is 5. The monoisotopic (exact) mass is 450 g/mol. The van der Waals surface area contributed by atoms with Crippen molar-refractivity contribution in [2.75, 3.05) is 26.8 Å². The Morgan fingerprint density at radius 1 is 1.39 bits per heavy atom. The number of aromatic nitrogens is 1. The maximum atomic E-state index is 15.0. The van der Waals surface area contributed by atoms with E-state index in [-0.39, 0.29) is 12.3 Å². The standard InChI is InChI=1S/C25H27FN4O3/c1-30-10-8-20-19(6-7-22(32-2)24(20)30)16-4-5-17(21(26)13-16)12-18(14-27)29-25(31)23-15-28-9-3-11-33-23/h4-8,10,13,18,23,28H,3,9,11-12,15H2,1-2H3,(H,29,31). The fourth-order valence-corrected chi connectivity index (χ4v) is 4.18. The highest BCUT2D eigenvalue weighted by Crippen LogP contribution is 2.35. The van der Waals surface area contributed by atoms with Crippen molar-refractivity contribution in [1.29, 1.82) is 5.26 Å². The van der Waals surface area contributed by atoms with Crippen LogP contribution < -0.4 is 15.4 Å². The lowest BCUT2D eigenvalue weighted by atomic mass is 9.97. The zero-order chi connectivity index (χ0) is 23.4. The Morgan fingerprint density at radius 3 is 3.00 bits per heavy atom. The van der Waals surface area contributed by atoms with Gasteiger partial charge in [0.2, 0.25) is 0 Å².